The van der Waals surface area contributed by atoms with Gasteiger partial charge in [-0.05, 0) is 23.3 Å². The molecule has 0 aromatic heterocycles. The number of rotatable bonds is 8. The molecule has 4 rings (SSSR count). The highest BCUT2D eigenvalue weighted by Crippen LogP contribution is 2.34. The van der Waals surface area contributed by atoms with E-state index in [4.69, 9.17) is 0 Å². The molecule has 0 fully saturated rings. The van der Waals surface area contributed by atoms with Crippen molar-refractivity contribution in [2.75, 3.05) is 0 Å². The summed E-state index contributed by atoms with van der Waals surface area (Å²) in [5.74, 6) is -0.242. The highest BCUT2D eigenvalue weighted by Gasteiger charge is 2.20. The van der Waals surface area contributed by atoms with Crippen LogP contribution in [-0.4, -0.2) is 11.6 Å². The minimum absolute atomic E-state index is 0.121. The summed E-state index contributed by atoms with van der Waals surface area (Å²) in [4.78, 5) is 27.9. The summed E-state index contributed by atoms with van der Waals surface area (Å²) in [5, 5.41) is 0. The molecule has 0 aliphatic carbocycles. The van der Waals surface area contributed by atoms with Gasteiger partial charge in [0.05, 0.1) is 9.81 Å². The maximum atomic E-state index is 13.5. The number of benzene rings is 4. The van der Waals surface area contributed by atoms with Crippen LogP contribution in [0.1, 0.15) is 31.8 Å². The lowest BCUT2D eigenvalue weighted by Crippen LogP contribution is -2.05. The van der Waals surface area contributed by atoms with E-state index in [0.717, 1.165) is 11.1 Å². The van der Waals surface area contributed by atoms with Crippen LogP contribution in [0.4, 0.5) is 0 Å². The van der Waals surface area contributed by atoms with E-state index in [0.29, 0.717) is 20.9 Å². The molecule has 0 aliphatic heterocycles. The molecular weight excluding hydrogens is 424 g/mol. The zero-order valence-corrected chi connectivity index (χ0v) is 18.7. The first-order valence-electron chi connectivity index (χ1n) is 10.6. The zero-order chi connectivity index (χ0) is 22.9. The lowest BCUT2D eigenvalue weighted by Gasteiger charge is -2.11. The Bertz CT molecular complexity index is 1170. The first-order chi connectivity index (χ1) is 16.2. The van der Waals surface area contributed by atoms with Crippen LogP contribution in [-0.2, 0) is 0 Å². The summed E-state index contributed by atoms with van der Waals surface area (Å²) < 4.78 is 0. The standard InChI is InChI=1S/C30H22O2S/c31-29(25-17-9-3-10-18-25)27(21-23-13-5-1-6-14-23)33-28(22-24-15-7-2-8-16-24)30(32)26-19-11-4-12-20-26/h1-22H/b27-21-,28-22+. The summed E-state index contributed by atoms with van der Waals surface area (Å²) in [5.41, 5.74) is 2.96. The van der Waals surface area contributed by atoms with Crippen LogP contribution in [0.15, 0.2) is 131 Å². The molecule has 33 heavy (non-hydrogen) atoms. The van der Waals surface area contributed by atoms with Gasteiger partial charge in [0.15, 0.2) is 11.6 Å². The topological polar surface area (TPSA) is 34.1 Å². The second-order valence-electron chi connectivity index (χ2n) is 7.33. The molecule has 0 unspecified atom stereocenters. The third-order valence-electron chi connectivity index (χ3n) is 4.93. The molecule has 0 bridgehead atoms. The highest BCUT2D eigenvalue weighted by atomic mass is 32.2. The molecule has 0 N–H and O–H groups in total. The van der Waals surface area contributed by atoms with Gasteiger partial charge in [0, 0.05) is 11.1 Å². The Morgan fingerprint density at radius 2 is 0.758 bits per heavy atom. The first kappa shape index (κ1) is 22.3. The minimum atomic E-state index is -0.121. The first-order valence-corrected chi connectivity index (χ1v) is 11.4. The molecule has 4 aromatic rings. The Morgan fingerprint density at radius 3 is 1.09 bits per heavy atom. The maximum Gasteiger partial charge on any atom is 0.199 e. The second-order valence-corrected chi connectivity index (χ2v) is 8.41. The van der Waals surface area contributed by atoms with Gasteiger partial charge in [-0.25, -0.2) is 0 Å². The summed E-state index contributed by atoms with van der Waals surface area (Å²) in [6, 6.07) is 37.6. The third kappa shape index (κ3) is 6.06. The molecule has 0 saturated carbocycles. The molecule has 4 aromatic carbocycles. The van der Waals surface area contributed by atoms with E-state index in [9.17, 15) is 9.59 Å². The molecule has 0 aliphatic rings. The number of allylic oxidation sites excluding steroid dienone is 2. The fraction of sp³-hybridized carbons (Fsp3) is 0. The number of carbonyl (C=O) groups is 2. The second kappa shape index (κ2) is 11.1. The Labute approximate surface area is 198 Å². The van der Waals surface area contributed by atoms with Crippen molar-refractivity contribution in [2.45, 2.75) is 0 Å². The van der Waals surface area contributed by atoms with Crippen molar-refractivity contribution in [1.82, 2.24) is 0 Å². The molecule has 0 spiro atoms. The maximum absolute atomic E-state index is 13.5. The van der Waals surface area contributed by atoms with Crippen LogP contribution >= 0.6 is 11.8 Å². The van der Waals surface area contributed by atoms with Gasteiger partial charge in [-0.1, -0.05) is 133 Å². The number of thioether (sulfide) groups is 1. The van der Waals surface area contributed by atoms with Crippen LogP contribution in [0, 0.1) is 0 Å². The Morgan fingerprint density at radius 1 is 0.455 bits per heavy atom. The SMILES string of the molecule is O=C(/C(=C/c1ccccc1)S/C(=C/c1ccccc1)C(=O)c1ccccc1)c1ccccc1. The number of ketones is 2. The van der Waals surface area contributed by atoms with E-state index in [1.54, 1.807) is 24.3 Å². The quantitative estimate of drug-likeness (QED) is 0.207. The van der Waals surface area contributed by atoms with Crippen LogP contribution < -0.4 is 0 Å². The normalized spacial score (nSPS) is 11.8. The predicted octanol–water partition coefficient (Wildman–Crippen LogP) is 7.57. The summed E-state index contributed by atoms with van der Waals surface area (Å²) in [7, 11) is 0. The van der Waals surface area contributed by atoms with Gasteiger partial charge in [-0.3, -0.25) is 9.59 Å². The average molecular weight is 447 g/mol. The predicted molar refractivity (Wildman–Crippen MR) is 138 cm³/mol. The van der Waals surface area contributed by atoms with E-state index >= 15 is 0 Å². The fourth-order valence-corrected chi connectivity index (χ4v) is 4.31. The van der Waals surface area contributed by atoms with Gasteiger partial charge in [0.2, 0.25) is 0 Å². The Balaban J connectivity index is 1.78. The van der Waals surface area contributed by atoms with Crippen molar-refractivity contribution in [3.05, 3.63) is 153 Å². The molecule has 3 heteroatoms. The molecule has 0 amide bonds. The van der Waals surface area contributed by atoms with Crippen molar-refractivity contribution >= 4 is 35.5 Å². The van der Waals surface area contributed by atoms with E-state index in [2.05, 4.69) is 0 Å². The zero-order valence-electron chi connectivity index (χ0n) is 17.9. The van der Waals surface area contributed by atoms with Gasteiger partial charge < -0.3 is 0 Å². The van der Waals surface area contributed by atoms with Gasteiger partial charge in [-0.15, -0.1) is 0 Å². The van der Waals surface area contributed by atoms with Gasteiger partial charge in [-0.2, -0.15) is 0 Å². The molecular formula is C30H22O2S. The van der Waals surface area contributed by atoms with Gasteiger partial charge in [0.1, 0.15) is 0 Å². The fourth-order valence-electron chi connectivity index (χ4n) is 3.27. The number of carbonyl (C=O) groups excluding carboxylic acids is 2. The highest BCUT2D eigenvalue weighted by molar-refractivity contribution is 8.08. The molecule has 2 nitrogen and oxygen atoms in total. The van der Waals surface area contributed by atoms with Crippen molar-refractivity contribution in [3.63, 3.8) is 0 Å². The monoisotopic (exact) mass is 446 g/mol. The smallest absolute Gasteiger partial charge is 0.199 e. The average Bonchev–Trinajstić information content (AvgIpc) is 2.89. The molecule has 0 atom stereocenters. The molecule has 0 saturated heterocycles. The summed E-state index contributed by atoms with van der Waals surface area (Å²) in [6.45, 7) is 0. The van der Waals surface area contributed by atoms with E-state index in [1.807, 2.05) is 109 Å². The molecule has 160 valence electrons. The lowest BCUT2D eigenvalue weighted by atomic mass is 10.1. The van der Waals surface area contributed by atoms with Crippen molar-refractivity contribution in [3.8, 4) is 0 Å². The van der Waals surface area contributed by atoms with Crippen molar-refractivity contribution in [2.24, 2.45) is 0 Å². The number of hydrogen-bond acceptors (Lipinski definition) is 3. The molecule has 0 radical (unpaired) electrons. The molecule has 0 heterocycles. The van der Waals surface area contributed by atoms with Gasteiger partial charge >= 0.3 is 0 Å². The summed E-state index contributed by atoms with van der Waals surface area (Å²) >= 11 is 1.21. The number of Topliss-reactive ketones (excluding diaryl/α,β-unsaturated/α-hetero) is 2. The summed E-state index contributed by atoms with van der Waals surface area (Å²) in [6.07, 6.45) is 3.69. The van der Waals surface area contributed by atoms with Crippen molar-refractivity contribution in [1.29, 1.82) is 0 Å². The number of hydrogen-bond donors (Lipinski definition) is 0. The lowest BCUT2D eigenvalue weighted by molar-refractivity contribution is 0.103. The van der Waals surface area contributed by atoms with Crippen molar-refractivity contribution < 1.29 is 9.59 Å². The van der Waals surface area contributed by atoms with Crippen LogP contribution in [0.5, 0.6) is 0 Å². The van der Waals surface area contributed by atoms with E-state index in [1.165, 1.54) is 11.8 Å². The Kier molecular flexibility index (Phi) is 7.47. The van der Waals surface area contributed by atoms with Gasteiger partial charge in [0.25, 0.3) is 0 Å². The Hall–Kier alpha value is -3.95. The largest absolute Gasteiger partial charge is 0.288 e. The van der Waals surface area contributed by atoms with Crippen LogP contribution in [0.3, 0.4) is 0 Å². The van der Waals surface area contributed by atoms with Crippen LogP contribution in [0.2, 0.25) is 0 Å². The third-order valence-corrected chi connectivity index (χ3v) is 5.98. The van der Waals surface area contributed by atoms with E-state index < -0.39 is 0 Å². The van der Waals surface area contributed by atoms with Crippen LogP contribution in [0.25, 0.3) is 12.2 Å². The minimum Gasteiger partial charge on any atom is -0.288 e. The van der Waals surface area contributed by atoms with E-state index in [-0.39, 0.29) is 11.6 Å².